The van der Waals surface area contributed by atoms with Gasteiger partial charge in [0, 0.05) is 31.3 Å². The Morgan fingerprint density at radius 2 is 1.95 bits per heavy atom. The fraction of sp³-hybridized carbons (Fsp3) is 0.462. The topological polar surface area (TPSA) is 32.3 Å². The third-order valence-electron chi connectivity index (χ3n) is 3.25. The molecule has 1 aromatic rings. The van der Waals surface area contributed by atoms with E-state index in [1.807, 2.05) is 0 Å². The standard InChI is InChI=1S/C13H16F2N2O.ClH/c1-17(12-3-2-4-16-8-12)13(18)9-5-10(14)7-11(15)6-9;/h5-7,12,16H,2-4,8H2,1H3;1H/t12-;/m0./s1. The summed E-state index contributed by atoms with van der Waals surface area (Å²) < 4.78 is 26.1. The SMILES string of the molecule is CN(C(=O)c1cc(F)cc(F)c1)[C@H]1CCCNC1.Cl. The third kappa shape index (κ3) is 3.88. The van der Waals surface area contributed by atoms with Crippen LogP contribution >= 0.6 is 12.4 Å². The fourth-order valence-corrected chi connectivity index (χ4v) is 2.21. The number of carbonyl (C=O) groups is 1. The van der Waals surface area contributed by atoms with Crippen molar-refractivity contribution in [1.82, 2.24) is 10.2 Å². The van der Waals surface area contributed by atoms with Crippen molar-refractivity contribution in [3.63, 3.8) is 0 Å². The highest BCUT2D eigenvalue weighted by Crippen LogP contribution is 2.14. The Balaban J connectivity index is 0.00000180. The average molecular weight is 291 g/mol. The third-order valence-corrected chi connectivity index (χ3v) is 3.25. The molecular formula is C13H17ClF2N2O. The van der Waals surface area contributed by atoms with E-state index < -0.39 is 11.6 Å². The summed E-state index contributed by atoms with van der Waals surface area (Å²) in [6.07, 6.45) is 1.91. The second kappa shape index (κ2) is 6.82. The van der Waals surface area contributed by atoms with Gasteiger partial charge in [0.1, 0.15) is 11.6 Å². The molecule has 0 radical (unpaired) electrons. The Morgan fingerprint density at radius 1 is 1.32 bits per heavy atom. The number of halogens is 3. The van der Waals surface area contributed by atoms with E-state index in [1.165, 1.54) is 0 Å². The Bertz CT molecular complexity index is 430. The van der Waals surface area contributed by atoms with Crippen molar-refractivity contribution >= 4 is 18.3 Å². The number of nitrogens with zero attached hydrogens (tertiary/aromatic N) is 1. The second-order valence-electron chi connectivity index (χ2n) is 4.57. The molecule has 1 aliphatic rings. The van der Waals surface area contributed by atoms with Gasteiger partial charge in [-0.15, -0.1) is 12.4 Å². The number of rotatable bonds is 2. The molecule has 2 rings (SSSR count). The summed E-state index contributed by atoms with van der Waals surface area (Å²) in [6.45, 7) is 1.67. The quantitative estimate of drug-likeness (QED) is 0.906. The monoisotopic (exact) mass is 290 g/mol. The highest BCUT2D eigenvalue weighted by Gasteiger charge is 2.23. The predicted octanol–water partition coefficient (Wildman–Crippen LogP) is 2.21. The Kier molecular flexibility index (Phi) is 5.69. The maximum Gasteiger partial charge on any atom is 0.254 e. The van der Waals surface area contributed by atoms with Crippen LogP contribution in [0, 0.1) is 11.6 Å². The van der Waals surface area contributed by atoms with E-state index in [9.17, 15) is 13.6 Å². The van der Waals surface area contributed by atoms with Gasteiger partial charge in [0.2, 0.25) is 0 Å². The molecule has 0 bridgehead atoms. The van der Waals surface area contributed by atoms with Crippen LogP contribution in [-0.4, -0.2) is 37.0 Å². The average Bonchev–Trinajstić information content (AvgIpc) is 2.37. The van der Waals surface area contributed by atoms with Crippen molar-refractivity contribution in [3.8, 4) is 0 Å². The Hall–Kier alpha value is -1.20. The molecule has 1 aromatic carbocycles. The van der Waals surface area contributed by atoms with E-state index >= 15 is 0 Å². The molecule has 0 aromatic heterocycles. The molecule has 1 N–H and O–H groups in total. The molecular weight excluding hydrogens is 274 g/mol. The lowest BCUT2D eigenvalue weighted by atomic mass is 10.1. The van der Waals surface area contributed by atoms with Gasteiger partial charge in [-0.2, -0.15) is 0 Å². The van der Waals surface area contributed by atoms with E-state index in [1.54, 1.807) is 11.9 Å². The Morgan fingerprint density at radius 3 is 2.47 bits per heavy atom. The predicted molar refractivity (Wildman–Crippen MR) is 71.6 cm³/mol. The maximum absolute atomic E-state index is 13.1. The fourth-order valence-electron chi connectivity index (χ4n) is 2.21. The van der Waals surface area contributed by atoms with E-state index in [4.69, 9.17) is 0 Å². The van der Waals surface area contributed by atoms with E-state index in [-0.39, 0.29) is 29.9 Å². The molecule has 1 aliphatic heterocycles. The van der Waals surface area contributed by atoms with Gasteiger partial charge in [-0.3, -0.25) is 4.79 Å². The summed E-state index contributed by atoms with van der Waals surface area (Å²) in [5.74, 6) is -1.80. The van der Waals surface area contributed by atoms with Gasteiger partial charge >= 0.3 is 0 Å². The normalized spacial score (nSPS) is 18.6. The molecule has 19 heavy (non-hydrogen) atoms. The van der Waals surface area contributed by atoms with Crippen LogP contribution in [0.2, 0.25) is 0 Å². The van der Waals surface area contributed by atoms with Gasteiger partial charge in [-0.1, -0.05) is 0 Å². The number of benzene rings is 1. The van der Waals surface area contributed by atoms with Crippen LogP contribution in [0.25, 0.3) is 0 Å². The second-order valence-corrected chi connectivity index (χ2v) is 4.57. The van der Waals surface area contributed by atoms with E-state index in [2.05, 4.69) is 5.32 Å². The molecule has 0 unspecified atom stereocenters. The first-order valence-corrected chi connectivity index (χ1v) is 6.02. The minimum Gasteiger partial charge on any atom is -0.337 e. The highest BCUT2D eigenvalue weighted by atomic mass is 35.5. The molecule has 1 amide bonds. The lowest BCUT2D eigenvalue weighted by Gasteiger charge is -2.31. The van der Waals surface area contributed by atoms with Crippen LogP contribution < -0.4 is 5.32 Å². The van der Waals surface area contributed by atoms with Gasteiger partial charge in [0.05, 0.1) is 0 Å². The molecule has 0 saturated carbocycles. The zero-order chi connectivity index (χ0) is 13.1. The number of hydrogen-bond acceptors (Lipinski definition) is 2. The highest BCUT2D eigenvalue weighted by molar-refractivity contribution is 5.94. The molecule has 0 spiro atoms. The molecule has 0 aliphatic carbocycles. The minimum absolute atomic E-state index is 0. The van der Waals surface area contributed by atoms with E-state index in [0.717, 1.165) is 44.1 Å². The van der Waals surface area contributed by atoms with Crippen LogP contribution in [0.4, 0.5) is 8.78 Å². The number of amides is 1. The summed E-state index contributed by atoms with van der Waals surface area (Å²) in [7, 11) is 1.67. The zero-order valence-electron chi connectivity index (χ0n) is 10.7. The van der Waals surface area contributed by atoms with Crippen molar-refractivity contribution < 1.29 is 13.6 Å². The molecule has 1 atom stereocenters. The largest absolute Gasteiger partial charge is 0.337 e. The van der Waals surface area contributed by atoms with Crippen molar-refractivity contribution in [1.29, 1.82) is 0 Å². The summed E-state index contributed by atoms with van der Waals surface area (Å²) in [6, 6.07) is 2.98. The summed E-state index contributed by atoms with van der Waals surface area (Å²) in [5.41, 5.74) is 0.0561. The first kappa shape index (κ1) is 15.9. The van der Waals surface area contributed by atoms with Crippen LogP contribution in [0.3, 0.4) is 0 Å². The summed E-state index contributed by atoms with van der Waals surface area (Å²) in [5, 5.41) is 3.20. The Labute approximate surface area is 117 Å². The van der Waals surface area contributed by atoms with Gasteiger partial charge in [0.15, 0.2) is 0 Å². The van der Waals surface area contributed by atoms with Crippen molar-refractivity contribution in [2.45, 2.75) is 18.9 Å². The number of likely N-dealkylation sites (N-methyl/N-ethyl adjacent to an activating group) is 1. The molecule has 1 saturated heterocycles. The number of carbonyl (C=O) groups excluding carboxylic acids is 1. The lowest BCUT2D eigenvalue weighted by Crippen LogP contribution is -2.46. The summed E-state index contributed by atoms with van der Waals surface area (Å²) in [4.78, 5) is 13.7. The molecule has 1 heterocycles. The van der Waals surface area contributed by atoms with Gasteiger partial charge < -0.3 is 10.2 Å². The van der Waals surface area contributed by atoms with Gasteiger partial charge in [0.25, 0.3) is 5.91 Å². The van der Waals surface area contributed by atoms with Gasteiger partial charge in [-0.25, -0.2) is 8.78 Å². The molecule has 6 heteroatoms. The summed E-state index contributed by atoms with van der Waals surface area (Å²) >= 11 is 0. The number of hydrogen-bond donors (Lipinski definition) is 1. The number of piperidine rings is 1. The van der Waals surface area contributed by atoms with Crippen LogP contribution in [0.1, 0.15) is 23.2 Å². The lowest BCUT2D eigenvalue weighted by molar-refractivity contribution is 0.0707. The smallest absolute Gasteiger partial charge is 0.254 e. The van der Waals surface area contributed by atoms with Crippen molar-refractivity contribution in [3.05, 3.63) is 35.4 Å². The zero-order valence-corrected chi connectivity index (χ0v) is 11.5. The molecule has 106 valence electrons. The van der Waals surface area contributed by atoms with Crippen LogP contribution in [0.15, 0.2) is 18.2 Å². The van der Waals surface area contributed by atoms with E-state index in [0.29, 0.717) is 0 Å². The first-order valence-electron chi connectivity index (χ1n) is 6.02. The first-order chi connectivity index (χ1) is 8.58. The van der Waals surface area contributed by atoms with Crippen LogP contribution in [-0.2, 0) is 0 Å². The minimum atomic E-state index is -0.728. The van der Waals surface area contributed by atoms with Crippen molar-refractivity contribution in [2.75, 3.05) is 20.1 Å². The van der Waals surface area contributed by atoms with Gasteiger partial charge in [-0.05, 0) is 31.5 Å². The maximum atomic E-state index is 13.1. The molecule has 3 nitrogen and oxygen atoms in total. The molecule has 1 fully saturated rings. The number of nitrogens with one attached hydrogen (secondary N) is 1. The van der Waals surface area contributed by atoms with Crippen molar-refractivity contribution in [2.24, 2.45) is 0 Å². The van der Waals surface area contributed by atoms with Crippen LogP contribution in [0.5, 0.6) is 0 Å².